The number of hydrogen-bond donors (Lipinski definition) is 1. The van der Waals surface area contributed by atoms with Crippen molar-refractivity contribution in [2.75, 3.05) is 6.61 Å². The van der Waals surface area contributed by atoms with Gasteiger partial charge in [0.2, 0.25) is 0 Å². The zero-order chi connectivity index (χ0) is 14.1. The number of aliphatic hydroxyl groups is 1. The van der Waals surface area contributed by atoms with Gasteiger partial charge >= 0.3 is 5.97 Å². The van der Waals surface area contributed by atoms with Crippen molar-refractivity contribution in [3.63, 3.8) is 0 Å². The monoisotopic (exact) mass is 266 g/mol. The number of esters is 1. The summed E-state index contributed by atoms with van der Waals surface area (Å²) in [6.45, 7) is 8.61. The second kappa shape index (κ2) is 3.75. The molecule has 0 saturated heterocycles. The van der Waals surface area contributed by atoms with Crippen LogP contribution in [-0.4, -0.2) is 23.8 Å². The van der Waals surface area contributed by atoms with Gasteiger partial charge in [0, 0.05) is 18.3 Å². The van der Waals surface area contributed by atoms with E-state index in [0.717, 1.165) is 12.8 Å². The van der Waals surface area contributed by atoms with E-state index in [1.165, 1.54) is 19.8 Å². The second-order valence-electron chi connectivity index (χ2n) is 8.10. The molecule has 19 heavy (non-hydrogen) atoms. The lowest BCUT2D eigenvalue weighted by molar-refractivity contribution is -0.182. The van der Waals surface area contributed by atoms with Crippen LogP contribution in [0.3, 0.4) is 0 Å². The fourth-order valence-electron chi connectivity index (χ4n) is 5.63. The average molecular weight is 266 g/mol. The highest BCUT2D eigenvalue weighted by Gasteiger charge is 2.74. The Hall–Kier alpha value is -0.570. The molecule has 0 aromatic carbocycles. The molecule has 0 unspecified atom stereocenters. The van der Waals surface area contributed by atoms with E-state index in [1.807, 2.05) is 0 Å². The Balaban J connectivity index is 1.99. The highest BCUT2D eigenvalue weighted by Crippen LogP contribution is 2.75. The summed E-state index contributed by atoms with van der Waals surface area (Å²) in [5.41, 5.74) is 0.346. The van der Waals surface area contributed by atoms with Gasteiger partial charge in [0.25, 0.3) is 0 Å². The summed E-state index contributed by atoms with van der Waals surface area (Å²) in [7, 11) is 0. The molecule has 0 bridgehead atoms. The number of carbonyl (C=O) groups excluding carboxylic acids is 1. The molecule has 3 rings (SSSR count). The van der Waals surface area contributed by atoms with E-state index in [1.54, 1.807) is 0 Å². The first-order valence-electron chi connectivity index (χ1n) is 7.54. The maximum Gasteiger partial charge on any atom is 0.302 e. The van der Waals surface area contributed by atoms with Crippen LogP contribution < -0.4 is 0 Å². The first-order valence-corrected chi connectivity index (χ1v) is 7.54. The van der Waals surface area contributed by atoms with Gasteiger partial charge < -0.3 is 9.84 Å². The van der Waals surface area contributed by atoms with Gasteiger partial charge in [0.1, 0.15) is 6.10 Å². The van der Waals surface area contributed by atoms with Gasteiger partial charge in [0.15, 0.2) is 0 Å². The summed E-state index contributed by atoms with van der Waals surface area (Å²) in [5.74, 6) is 0.851. The van der Waals surface area contributed by atoms with Crippen molar-refractivity contribution in [1.29, 1.82) is 0 Å². The van der Waals surface area contributed by atoms with E-state index in [2.05, 4.69) is 20.8 Å². The van der Waals surface area contributed by atoms with E-state index in [4.69, 9.17) is 4.74 Å². The summed E-state index contributed by atoms with van der Waals surface area (Å²) in [4.78, 5) is 11.5. The van der Waals surface area contributed by atoms with Crippen molar-refractivity contribution < 1.29 is 14.6 Å². The number of hydrogen-bond acceptors (Lipinski definition) is 3. The van der Waals surface area contributed by atoms with E-state index in [9.17, 15) is 9.90 Å². The summed E-state index contributed by atoms with van der Waals surface area (Å²) < 4.78 is 5.71. The molecular formula is C16H26O3. The lowest BCUT2D eigenvalue weighted by Crippen LogP contribution is -2.56. The van der Waals surface area contributed by atoms with Gasteiger partial charge in [-0.15, -0.1) is 0 Å². The standard InChI is InChI=1S/C16H26O3/c1-10(18)19-13-11-7-14(2,3)8-12(11)15(4)5-6-16(13,15)9-17/h11-13,17H,5-9H2,1-4H3/t11-,12+,13+,15-,16-/m1/s1. The van der Waals surface area contributed by atoms with Crippen LogP contribution in [0.25, 0.3) is 0 Å². The molecule has 3 aliphatic rings. The molecule has 108 valence electrons. The van der Waals surface area contributed by atoms with Gasteiger partial charge in [-0.1, -0.05) is 20.8 Å². The molecule has 3 aliphatic carbocycles. The third-order valence-electron chi connectivity index (χ3n) is 6.63. The SMILES string of the molecule is CC(=O)O[C@H]1[C@@H]2CC(C)(C)C[C@@H]2[C@@]2(C)CC[C@@]12CO. The van der Waals surface area contributed by atoms with Crippen molar-refractivity contribution in [3.05, 3.63) is 0 Å². The van der Waals surface area contributed by atoms with Crippen LogP contribution in [0.2, 0.25) is 0 Å². The number of fused-ring (bicyclic) bond motifs is 3. The molecule has 0 aromatic heterocycles. The van der Waals surface area contributed by atoms with Crippen LogP contribution in [0.5, 0.6) is 0 Å². The van der Waals surface area contributed by atoms with Gasteiger partial charge in [-0.3, -0.25) is 4.79 Å². The van der Waals surface area contributed by atoms with Crippen LogP contribution in [0.4, 0.5) is 0 Å². The van der Waals surface area contributed by atoms with Gasteiger partial charge in [-0.05, 0) is 42.4 Å². The molecule has 0 aliphatic heterocycles. The molecule has 3 nitrogen and oxygen atoms in total. The predicted molar refractivity (Wildman–Crippen MR) is 72.4 cm³/mol. The molecule has 3 heteroatoms. The van der Waals surface area contributed by atoms with E-state index >= 15 is 0 Å². The maximum atomic E-state index is 11.5. The molecule has 5 atom stereocenters. The second-order valence-corrected chi connectivity index (χ2v) is 8.10. The lowest BCUT2D eigenvalue weighted by Gasteiger charge is -2.57. The molecule has 3 fully saturated rings. The first-order chi connectivity index (χ1) is 8.76. The minimum Gasteiger partial charge on any atom is -0.462 e. The van der Waals surface area contributed by atoms with Gasteiger partial charge in [-0.25, -0.2) is 0 Å². The zero-order valence-electron chi connectivity index (χ0n) is 12.5. The fraction of sp³-hybridized carbons (Fsp3) is 0.938. The Morgan fingerprint density at radius 2 is 1.95 bits per heavy atom. The Morgan fingerprint density at radius 3 is 2.42 bits per heavy atom. The molecule has 0 spiro atoms. The number of carbonyl (C=O) groups is 1. The highest BCUT2D eigenvalue weighted by molar-refractivity contribution is 5.66. The van der Waals surface area contributed by atoms with Crippen LogP contribution in [0, 0.1) is 28.1 Å². The summed E-state index contributed by atoms with van der Waals surface area (Å²) in [6.07, 6.45) is 4.43. The highest BCUT2D eigenvalue weighted by atomic mass is 16.5. The van der Waals surface area contributed by atoms with E-state index in [0.29, 0.717) is 17.3 Å². The van der Waals surface area contributed by atoms with Crippen LogP contribution in [0.1, 0.15) is 53.4 Å². The summed E-state index contributed by atoms with van der Waals surface area (Å²) >= 11 is 0. The Morgan fingerprint density at radius 1 is 1.26 bits per heavy atom. The molecule has 0 aromatic rings. The molecule has 3 saturated carbocycles. The first kappa shape index (κ1) is 13.4. The Kier molecular flexibility index (Phi) is 2.65. The molecule has 0 radical (unpaired) electrons. The Bertz CT molecular complexity index is 412. The average Bonchev–Trinajstić information content (AvgIpc) is 2.66. The lowest BCUT2D eigenvalue weighted by atomic mass is 9.48. The summed E-state index contributed by atoms with van der Waals surface area (Å²) in [5, 5.41) is 9.99. The normalized spacial score (nSPS) is 50.3. The smallest absolute Gasteiger partial charge is 0.302 e. The van der Waals surface area contributed by atoms with Crippen molar-refractivity contribution >= 4 is 5.97 Å². The van der Waals surface area contributed by atoms with Crippen molar-refractivity contribution in [1.82, 2.24) is 0 Å². The minimum atomic E-state index is -0.197. The third kappa shape index (κ3) is 1.51. The molecule has 1 N–H and O–H groups in total. The quantitative estimate of drug-likeness (QED) is 0.782. The zero-order valence-corrected chi connectivity index (χ0v) is 12.5. The molecular weight excluding hydrogens is 240 g/mol. The largest absolute Gasteiger partial charge is 0.462 e. The van der Waals surface area contributed by atoms with Crippen molar-refractivity contribution in [3.8, 4) is 0 Å². The minimum absolute atomic E-state index is 0.0690. The van der Waals surface area contributed by atoms with Gasteiger partial charge in [0.05, 0.1) is 6.61 Å². The molecule has 0 amide bonds. The Labute approximate surface area is 115 Å². The maximum absolute atomic E-state index is 11.5. The van der Waals surface area contributed by atoms with Crippen LogP contribution in [0.15, 0.2) is 0 Å². The van der Waals surface area contributed by atoms with Crippen molar-refractivity contribution in [2.45, 2.75) is 59.5 Å². The van der Waals surface area contributed by atoms with Crippen LogP contribution in [-0.2, 0) is 9.53 Å². The molecule has 0 heterocycles. The number of rotatable bonds is 2. The van der Waals surface area contributed by atoms with Crippen molar-refractivity contribution in [2.24, 2.45) is 28.1 Å². The van der Waals surface area contributed by atoms with E-state index < -0.39 is 0 Å². The summed E-state index contributed by atoms with van der Waals surface area (Å²) in [6, 6.07) is 0. The van der Waals surface area contributed by atoms with E-state index in [-0.39, 0.29) is 29.5 Å². The topological polar surface area (TPSA) is 46.5 Å². The number of ether oxygens (including phenoxy) is 1. The third-order valence-corrected chi connectivity index (χ3v) is 6.63. The fourth-order valence-corrected chi connectivity index (χ4v) is 5.63. The van der Waals surface area contributed by atoms with Crippen LogP contribution >= 0.6 is 0 Å². The number of aliphatic hydroxyl groups excluding tert-OH is 1. The predicted octanol–water partition coefficient (Wildman–Crippen LogP) is 2.76. The van der Waals surface area contributed by atoms with Gasteiger partial charge in [-0.2, -0.15) is 0 Å².